The standard InChI is InChI=1S/C10H20O3.2CH4/c1-10(2,3)13-9(12)7-5-4-6-8-11;;/h11H,4-8H2,1-3H3;2*1H4. The number of hydrogen-bond acceptors (Lipinski definition) is 3. The van der Waals surface area contributed by atoms with E-state index in [0.717, 1.165) is 19.3 Å². The Hall–Kier alpha value is -0.570. The van der Waals surface area contributed by atoms with E-state index in [-0.39, 0.29) is 33.0 Å². The summed E-state index contributed by atoms with van der Waals surface area (Å²) in [5.74, 6) is -0.148. The summed E-state index contributed by atoms with van der Waals surface area (Å²) in [5.41, 5.74) is -0.381. The van der Waals surface area contributed by atoms with Crippen molar-refractivity contribution in [2.75, 3.05) is 6.61 Å². The lowest BCUT2D eigenvalue weighted by atomic mass is 10.1. The quantitative estimate of drug-likeness (QED) is 0.572. The van der Waals surface area contributed by atoms with Crippen LogP contribution in [0.3, 0.4) is 0 Å². The molecule has 3 nitrogen and oxygen atoms in total. The van der Waals surface area contributed by atoms with Gasteiger partial charge in [0.25, 0.3) is 0 Å². The van der Waals surface area contributed by atoms with Gasteiger partial charge in [-0.1, -0.05) is 21.3 Å². The molecule has 0 fully saturated rings. The Kier molecular flexibility index (Phi) is 13.2. The third kappa shape index (κ3) is 16.1. The first-order valence-corrected chi connectivity index (χ1v) is 4.78. The smallest absolute Gasteiger partial charge is 0.306 e. The van der Waals surface area contributed by atoms with E-state index in [1.165, 1.54) is 0 Å². The highest BCUT2D eigenvalue weighted by Crippen LogP contribution is 2.10. The molecule has 15 heavy (non-hydrogen) atoms. The molecule has 0 bridgehead atoms. The summed E-state index contributed by atoms with van der Waals surface area (Å²) in [6, 6.07) is 0. The minimum Gasteiger partial charge on any atom is -0.460 e. The van der Waals surface area contributed by atoms with Crippen LogP contribution in [0.1, 0.15) is 61.3 Å². The molecule has 1 N–H and O–H groups in total. The van der Waals surface area contributed by atoms with Crippen molar-refractivity contribution in [2.45, 2.75) is 66.9 Å². The monoisotopic (exact) mass is 220 g/mol. The van der Waals surface area contributed by atoms with Gasteiger partial charge in [0.1, 0.15) is 5.60 Å². The van der Waals surface area contributed by atoms with Crippen molar-refractivity contribution in [3.05, 3.63) is 0 Å². The largest absolute Gasteiger partial charge is 0.460 e. The van der Waals surface area contributed by atoms with Crippen molar-refractivity contribution >= 4 is 5.97 Å². The second-order valence-corrected chi connectivity index (χ2v) is 4.12. The van der Waals surface area contributed by atoms with Gasteiger partial charge in [0, 0.05) is 13.0 Å². The molecule has 0 unspecified atom stereocenters. The number of aliphatic hydroxyl groups is 1. The topological polar surface area (TPSA) is 46.5 Å². The van der Waals surface area contributed by atoms with Gasteiger partial charge in [0.15, 0.2) is 0 Å². The van der Waals surface area contributed by atoms with Crippen LogP contribution in [-0.4, -0.2) is 23.3 Å². The Labute approximate surface area is 94.8 Å². The lowest BCUT2D eigenvalue weighted by Crippen LogP contribution is -2.23. The minimum absolute atomic E-state index is 0. The average molecular weight is 220 g/mol. The van der Waals surface area contributed by atoms with E-state index in [1.807, 2.05) is 20.8 Å². The van der Waals surface area contributed by atoms with Crippen LogP contribution in [0.15, 0.2) is 0 Å². The van der Waals surface area contributed by atoms with Crippen molar-refractivity contribution in [3.63, 3.8) is 0 Å². The summed E-state index contributed by atoms with van der Waals surface area (Å²) in [7, 11) is 0. The van der Waals surface area contributed by atoms with Crippen LogP contribution in [0.2, 0.25) is 0 Å². The predicted octanol–water partition coefficient (Wildman–Crippen LogP) is 3.15. The Balaban J connectivity index is -0.000000720. The maximum Gasteiger partial charge on any atom is 0.306 e. The third-order valence-electron chi connectivity index (χ3n) is 1.46. The zero-order valence-electron chi connectivity index (χ0n) is 8.80. The highest BCUT2D eigenvalue weighted by molar-refractivity contribution is 5.69. The van der Waals surface area contributed by atoms with E-state index < -0.39 is 0 Å². The Morgan fingerprint density at radius 1 is 1.13 bits per heavy atom. The number of carbonyl (C=O) groups excluding carboxylic acids is 1. The van der Waals surface area contributed by atoms with Crippen molar-refractivity contribution < 1.29 is 14.6 Å². The van der Waals surface area contributed by atoms with Crippen molar-refractivity contribution in [2.24, 2.45) is 0 Å². The van der Waals surface area contributed by atoms with Gasteiger partial charge in [0.05, 0.1) is 0 Å². The van der Waals surface area contributed by atoms with E-state index in [9.17, 15) is 4.79 Å². The van der Waals surface area contributed by atoms with Gasteiger partial charge >= 0.3 is 5.97 Å². The van der Waals surface area contributed by atoms with Gasteiger partial charge in [-0.2, -0.15) is 0 Å². The Morgan fingerprint density at radius 2 is 1.67 bits per heavy atom. The number of aliphatic hydroxyl groups excluding tert-OH is 1. The fourth-order valence-corrected chi connectivity index (χ4v) is 0.950. The molecule has 0 aliphatic carbocycles. The molecule has 0 radical (unpaired) electrons. The molecule has 0 aromatic heterocycles. The van der Waals surface area contributed by atoms with E-state index in [4.69, 9.17) is 9.84 Å². The summed E-state index contributed by atoms with van der Waals surface area (Å²) in [6.45, 7) is 5.78. The molecule has 0 spiro atoms. The van der Waals surface area contributed by atoms with Crippen LogP contribution >= 0.6 is 0 Å². The first kappa shape index (κ1) is 19.9. The predicted molar refractivity (Wildman–Crippen MR) is 64.9 cm³/mol. The zero-order valence-corrected chi connectivity index (χ0v) is 8.80. The van der Waals surface area contributed by atoms with Gasteiger partial charge in [-0.3, -0.25) is 4.79 Å². The summed E-state index contributed by atoms with van der Waals surface area (Å²) in [5, 5.41) is 8.50. The third-order valence-corrected chi connectivity index (χ3v) is 1.46. The zero-order chi connectivity index (χ0) is 10.3. The lowest BCUT2D eigenvalue weighted by molar-refractivity contribution is -0.154. The molecule has 0 rings (SSSR count). The van der Waals surface area contributed by atoms with Gasteiger partial charge in [0.2, 0.25) is 0 Å². The van der Waals surface area contributed by atoms with Crippen LogP contribution in [-0.2, 0) is 9.53 Å². The fourth-order valence-electron chi connectivity index (χ4n) is 0.950. The Morgan fingerprint density at radius 3 is 2.07 bits per heavy atom. The Bertz CT molecular complexity index is 147. The number of carbonyl (C=O) groups is 1. The molecule has 0 aliphatic rings. The molecule has 0 saturated heterocycles. The van der Waals surface area contributed by atoms with Gasteiger partial charge in [-0.15, -0.1) is 0 Å². The van der Waals surface area contributed by atoms with Crippen LogP contribution < -0.4 is 0 Å². The average Bonchev–Trinajstić information content (AvgIpc) is 1.94. The molecule has 0 aromatic carbocycles. The highest BCUT2D eigenvalue weighted by Gasteiger charge is 2.15. The molecule has 94 valence electrons. The van der Waals surface area contributed by atoms with E-state index >= 15 is 0 Å². The summed E-state index contributed by atoms with van der Waals surface area (Å²) >= 11 is 0. The summed E-state index contributed by atoms with van der Waals surface area (Å²) in [6.07, 6.45) is 2.91. The summed E-state index contributed by atoms with van der Waals surface area (Å²) in [4.78, 5) is 11.1. The highest BCUT2D eigenvalue weighted by atomic mass is 16.6. The van der Waals surface area contributed by atoms with Crippen LogP contribution in [0, 0.1) is 0 Å². The van der Waals surface area contributed by atoms with Crippen molar-refractivity contribution in [3.8, 4) is 0 Å². The molecule has 3 heteroatoms. The van der Waals surface area contributed by atoms with Gasteiger partial charge in [-0.25, -0.2) is 0 Å². The van der Waals surface area contributed by atoms with E-state index in [2.05, 4.69) is 0 Å². The van der Waals surface area contributed by atoms with Crippen LogP contribution in [0.5, 0.6) is 0 Å². The maximum atomic E-state index is 11.1. The minimum atomic E-state index is -0.381. The summed E-state index contributed by atoms with van der Waals surface area (Å²) < 4.78 is 5.12. The van der Waals surface area contributed by atoms with Crippen LogP contribution in [0.25, 0.3) is 0 Å². The normalized spacial score (nSPS) is 9.87. The molecule has 0 atom stereocenters. The van der Waals surface area contributed by atoms with E-state index in [1.54, 1.807) is 0 Å². The van der Waals surface area contributed by atoms with Gasteiger partial charge in [-0.05, 0) is 33.6 Å². The molecular formula is C12H28O3. The molecule has 0 saturated carbocycles. The van der Waals surface area contributed by atoms with Gasteiger partial charge < -0.3 is 9.84 Å². The number of ether oxygens (including phenoxy) is 1. The van der Waals surface area contributed by atoms with Crippen molar-refractivity contribution in [1.29, 1.82) is 0 Å². The first-order valence-electron chi connectivity index (χ1n) is 4.78. The molecule has 0 aliphatic heterocycles. The second-order valence-electron chi connectivity index (χ2n) is 4.12. The van der Waals surface area contributed by atoms with Crippen LogP contribution in [0.4, 0.5) is 0 Å². The molecule has 0 amide bonds. The maximum absolute atomic E-state index is 11.1. The number of rotatable bonds is 5. The number of esters is 1. The molecule has 0 heterocycles. The second kappa shape index (κ2) is 9.97. The van der Waals surface area contributed by atoms with E-state index in [0.29, 0.717) is 6.42 Å². The fraction of sp³-hybridized carbons (Fsp3) is 0.917. The lowest BCUT2D eigenvalue weighted by Gasteiger charge is -2.19. The molecule has 0 aromatic rings. The number of hydrogen-bond donors (Lipinski definition) is 1. The SMILES string of the molecule is C.C.CC(C)(C)OC(=O)CCCCCO. The number of unbranched alkanes of at least 4 members (excludes halogenated alkanes) is 2. The molecular weight excluding hydrogens is 192 g/mol. The first-order chi connectivity index (χ1) is 5.95. The van der Waals surface area contributed by atoms with Crippen molar-refractivity contribution in [1.82, 2.24) is 0 Å².